The first kappa shape index (κ1) is 16.2. The van der Waals surface area contributed by atoms with Gasteiger partial charge in [-0.15, -0.1) is 0 Å². The Labute approximate surface area is 116 Å². The fourth-order valence-electron chi connectivity index (χ4n) is 2.24. The van der Waals surface area contributed by atoms with Crippen molar-refractivity contribution in [2.45, 2.75) is 46.3 Å². The van der Waals surface area contributed by atoms with Crippen molar-refractivity contribution in [3.05, 3.63) is 0 Å². The minimum atomic E-state index is -0.472. The lowest BCUT2D eigenvalue weighted by Gasteiger charge is -2.24. The van der Waals surface area contributed by atoms with Crippen LogP contribution in [0.15, 0.2) is 0 Å². The van der Waals surface area contributed by atoms with Crippen molar-refractivity contribution >= 4 is 6.09 Å². The largest absolute Gasteiger partial charge is 0.444 e. The molecule has 1 fully saturated rings. The maximum Gasteiger partial charge on any atom is 0.410 e. The molecule has 2 atom stereocenters. The van der Waals surface area contributed by atoms with Gasteiger partial charge in [-0.2, -0.15) is 0 Å². The smallest absolute Gasteiger partial charge is 0.410 e. The molecule has 0 aromatic heterocycles. The molecule has 1 rings (SSSR count). The number of hydrogen-bond acceptors (Lipinski definition) is 4. The van der Waals surface area contributed by atoms with Crippen LogP contribution >= 0.6 is 0 Å². The highest BCUT2D eigenvalue weighted by Crippen LogP contribution is 2.24. The van der Waals surface area contributed by atoms with E-state index < -0.39 is 5.60 Å². The predicted octanol–water partition coefficient (Wildman–Crippen LogP) is 1.46. The van der Waals surface area contributed by atoms with Gasteiger partial charge in [0, 0.05) is 38.2 Å². The van der Waals surface area contributed by atoms with E-state index in [0.29, 0.717) is 25.0 Å². The minimum Gasteiger partial charge on any atom is -0.444 e. The first-order chi connectivity index (χ1) is 8.73. The normalized spacial score (nSPS) is 24.1. The number of rotatable bonds is 4. The zero-order chi connectivity index (χ0) is 14.6. The molecular formula is C14H28N2O3. The van der Waals surface area contributed by atoms with Gasteiger partial charge in [0.1, 0.15) is 5.60 Å². The first-order valence-electron chi connectivity index (χ1n) is 7.05. The maximum absolute atomic E-state index is 12.0. The zero-order valence-electron chi connectivity index (χ0n) is 12.8. The summed E-state index contributed by atoms with van der Waals surface area (Å²) in [6.45, 7) is 11.9. The third kappa shape index (κ3) is 5.37. The second kappa shape index (κ2) is 6.57. The molecule has 0 aromatic carbocycles. The van der Waals surface area contributed by atoms with Crippen molar-refractivity contribution in [3.63, 3.8) is 0 Å². The van der Waals surface area contributed by atoms with Crippen molar-refractivity contribution in [2.24, 2.45) is 11.8 Å². The van der Waals surface area contributed by atoms with E-state index in [4.69, 9.17) is 4.74 Å². The van der Waals surface area contributed by atoms with Crippen LogP contribution < -0.4 is 5.32 Å². The molecular weight excluding hydrogens is 244 g/mol. The number of carbonyl (C=O) groups excluding carboxylic acids is 1. The van der Waals surface area contributed by atoms with Gasteiger partial charge in [-0.05, 0) is 26.7 Å². The number of hydrogen-bond donors (Lipinski definition) is 2. The molecule has 2 N–H and O–H groups in total. The van der Waals surface area contributed by atoms with Crippen molar-refractivity contribution in [1.82, 2.24) is 10.2 Å². The van der Waals surface area contributed by atoms with Crippen molar-refractivity contribution in [3.8, 4) is 0 Å². The average Bonchev–Trinajstić information content (AvgIpc) is 2.67. The summed E-state index contributed by atoms with van der Waals surface area (Å²) in [5, 5.41) is 12.8. The summed E-state index contributed by atoms with van der Waals surface area (Å²) in [6, 6.07) is 0.412. The number of likely N-dealkylation sites (tertiary alicyclic amines) is 1. The standard InChI is InChI=1S/C14H28N2O3/c1-10(2)15-6-11-7-16(8-12(11)9-17)13(18)19-14(3,4)5/h10-12,15,17H,6-9H2,1-5H3/t11?,12-/m0/s1. The molecule has 1 aliphatic rings. The van der Waals surface area contributed by atoms with Gasteiger partial charge in [-0.1, -0.05) is 13.8 Å². The summed E-state index contributed by atoms with van der Waals surface area (Å²) in [4.78, 5) is 13.7. The molecule has 1 amide bonds. The number of amides is 1. The van der Waals surface area contributed by atoms with Crippen LogP contribution in [-0.4, -0.2) is 54.0 Å². The minimum absolute atomic E-state index is 0.115. The summed E-state index contributed by atoms with van der Waals surface area (Å²) in [5.74, 6) is 0.429. The summed E-state index contributed by atoms with van der Waals surface area (Å²) in [5.41, 5.74) is -0.472. The number of aliphatic hydroxyl groups is 1. The van der Waals surface area contributed by atoms with E-state index in [1.165, 1.54) is 0 Å². The average molecular weight is 272 g/mol. The fourth-order valence-corrected chi connectivity index (χ4v) is 2.24. The van der Waals surface area contributed by atoms with E-state index in [2.05, 4.69) is 19.2 Å². The number of ether oxygens (including phenoxy) is 1. The van der Waals surface area contributed by atoms with E-state index in [1.807, 2.05) is 20.8 Å². The second-order valence-electron chi connectivity index (χ2n) is 6.65. The number of nitrogens with zero attached hydrogens (tertiary/aromatic N) is 1. The van der Waals surface area contributed by atoms with Crippen LogP contribution in [0.2, 0.25) is 0 Å². The maximum atomic E-state index is 12.0. The number of aliphatic hydroxyl groups excluding tert-OH is 1. The molecule has 0 spiro atoms. The highest BCUT2D eigenvalue weighted by Gasteiger charge is 2.36. The highest BCUT2D eigenvalue weighted by atomic mass is 16.6. The Balaban J connectivity index is 2.53. The van der Waals surface area contributed by atoms with Gasteiger partial charge in [0.2, 0.25) is 0 Å². The Bertz CT molecular complexity index is 300. The van der Waals surface area contributed by atoms with E-state index in [0.717, 1.165) is 6.54 Å². The van der Waals surface area contributed by atoms with Crippen LogP contribution in [-0.2, 0) is 4.74 Å². The Hall–Kier alpha value is -0.810. The fraction of sp³-hybridized carbons (Fsp3) is 0.929. The molecule has 1 saturated heterocycles. The van der Waals surface area contributed by atoms with Gasteiger partial charge < -0.3 is 20.1 Å². The van der Waals surface area contributed by atoms with Crippen LogP contribution in [0.3, 0.4) is 0 Å². The SMILES string of the molecule is CC(C)NCC1CN(C(=O)OC(C)(C)C)C[C@H]1CO. The number of nitrogens with one attached hydrogen (secondary N) is 1. The summed E-state index contributed by atoms with van der Waals surface area (Å²) in [7, 11) is 0. The molecule has 0 aliphatic carbocycles. The molecule has 0 radical (unpaired) electrons. The molecule has 1 unspecified atom stereocenters. The van der Waals surface area contributed by atoms with E-state index in [9.17, 15) is 9.90 Å². The van der Waals surface area contributed by atoms with Crippen molar-refractivity contribution < 1.29 is 14.6 Å². The van der Waals surface area contributed by atoms with Crippen LogP contribution in [0.4, 0.5) is 4.79 Å². The third-order valence-electron chi connectivity index (χ3n) is 3.25. The Morgan fingerprint density at radius 1 is 1.37 bits per heavy atom. The monoisotopic (exact) mass is 272 g/mol. The molecule has 112 valence electrons. The molecule has 0 saturated carbocycles. The summed E-state index contributed by atoms with van der Waals surface area (Å²) >= 11 is 0. The molecule has 0 bridgehead atoms. The highest BCUT2D eigenvalue weighted by molar-refractivity contribution is 5.68. The lowest BCUT2D eigenvalue weighted by atomic mass is 9.97. The van der Waals surface area contributed by atoms with Crippen LogP contribution in [0.25, 0.3) is 0 Å². The lowest BCUT2D eigenvalue weighted by molar-refractivity contribution is 0.0281. The predicted molar refractivity (Wildman–Crippen MR) is 75.0 cm³/mol. The van der Waals surface area contributed by atoms with E-state index in [-0.39, 0.29) is 18.6 Å². The van der Waals surface area contributed by atoms with Crippen LogP contribution in [0.5, 0.6) is 0 Å². The molecule has 5 heteroatoms. The Morgan fingerprint density at radius 2 is 1.95 bits per heavy atom. The Morgan fingerprint density at radius 3 is 2.42 bits per heavy atom. The van der Waals surface area contributed by atoms with Gasteiger partial charge in [0.25, 0.3) is 0 Å². The molecule has 1 aliphatic heterocycles. The van der Waals surface area contributed by atoms with Crippen LogP contribution in [0.1, 0.15) is 34.6 Å². The van der Waals surface area contributed by atoms with Gasteiger partial charge >= 0.3 is 6.09 Å². The Kier molecular flexibility index (Phi) is 5.62. The topological polar surface area (TPSA) is 61.8 Å². The molecule has 5 nitrogen and oxygen atoms in total. The zero-order valence-corrected chi connectivity index (χ0v) is 12.8. The molecule has 0 aromatic rings. The number of carbonyl (C=O) groups is 1. The van der Waals surface area contributed by atoms with Gasteiger partial charge in [0.05, 0.1) is 0 Å². The van der Waals surface area contributed by atoms with Crippen molar-refractivity contribution in [2.75, 3.05) is 26.2 Å². The molecule has 1 heterocycles. The van der Waals surface area contributed by atoms with E-state index >= 15 is 0 Å². The quantitative estimate of drug-likeness (QED) is 0.813. The second-order valence-corrected chi connectivity index (χ2v) is 6.65. The van der Waals surface area contributed by atoms with Crippen molar-refractivity contribution in [1.29, 1.82) is 0 Å². The van der Waals surface area contributed by atoms with Gasteiger partial charge in [0.15, 0.2) is 0 Å². The lowest BCUT2D eigenvalue weighted by Crippen LogP contribution is -2.36. The van der Waals surface area contributed by atoms with Gasteiger partial charge in [-0.3, -0.25) is 0 Å². The van der Waals surface area contributed by atoms with Crippen LogP contribution in [0, 0.1) is 11.8 Å². The summed E-state index contributed by atoms with van der Waals surface area (Å²) in [6.07, 6.45) is -0.280. The third-order valence-corrected chi connectivity index (χ3v) is 3.25. The van der Waals surface area contributed by atoms with Gasteiger partial charge in [-0.25, -0.2) is 4.79 Å². The first-order valence-corrected chi connectivity index (χ1v) is 7.05. The van der Waals surface area contributed by atoms with E-state index in [1.54, 1.807) is 4.90 Å². The molecule has 19 heavy (non-hydrogen) atoms. The summed E-state index contributed by atoms with van der Waals surface area (Å²) < 4.78 is 5.37.